The maximum Gasteiger partial charge on any atom is 0.321 e. The molecule has 0 aliphatic carbocycles. The van der Waals surface area contributed by atoms with Crippen molar-refractivity contribution in [3.05, 3.63) is 15.9 Å². The molecule has 0 atom stereocenters. The van der Waals surface area contributed by atoms with Crippen LogP contribution in [0.25, 0.3) is 10.7 Å². The topological polar surface area (TPSA) is 59.9 Å². The third-order valence-electron chi connectivity index (χ3n) is 1.93. The van der Waals surface area contributed by atoms with Crippen molar-refractivity contribution in [2.45, 2.75) is 6.92 Å². The molecule has 0 saturated heterocycles. The molecule has 0 amide bonds. The van der Waals surface area contributed by atoms with Crippen molar-refractivity contribution < 1.29 is 4.74 Å². The largest absolute Gasteiger partial charge is 0.464 e. The molecule has 7 heteroatoms. The molecule has 0 saturated carbocycles. The van der Waals surface area contributed by atoms with Gasteiger partial charge in [0.2, 0.25) is 5.95 Å². The number of halogens is 1. The van der Waals surface area contributed by atoms with Crippen LogP contribution < -0.4 is 10.1 Å². The van der Waals surface area contributed by atoms with Gasteiger partial charge in [-0.2, -0.15) is 15.0 Å². The van der Waals surface area contributed by atoms with E-state index in [-0.39, 0.29) is 0 Å². The number of nitrogens with zero attached hydrogens (tertiary/aromatic N) is 3. The summed E-state index contributed by atoms with van der Waals surface area (Å²) in [6.45, 7) is 2.42. The van der Waals surface area contributed by atoms with Crippen LogP contribution in [0.15, 0.2) is 15.9 Å². The Morgan fingerprint density at radius 2 is 2.24 bits per heavy atom. The van der Waals surface area contributed by atoms with Gasteiger partial charge in [0.25, 0.3) is 0 Å². The van der Waals surface area contributed by atoms with Gasteiger partial charge in [-0.3, -0.25) is 0 Å². The normalized spacial score (nSPS) is 10.3. The Balaban J connectivity index is 2.46. The van der Waals surface area contributed by atoms with Gasteiger partial charge >= 0.3 is 6.01 Å². The fraction of sp³-hybridized carbons (Fsp3) is 0.300. The average molecular weight is 315 g/mol. The summed E-state index contributed by atoms with van der Waals surface area (Å²) in [6.07, 6.45) is 0. The standard InChI is InChI=1S/C10H11BrN4OS/c1-3-16-10-14-8(13-9(12-2)15-10)7-6(11)4-5-17-7/h4-5H,3H2,1-2H3,(H,12,13,14,15). The fourth-order valence-electron chi connectivity index (χ4n) is 1.22. The van der Waals surface area contributed by atoms with E-state index in [0.717, 1.165) is 9.35 Å². The molecule has 1 N–H and O–H groups in total. The molecule has 2 aromatic rings. The van der Waals surface area contributed by atoms with Crippen molar-refractivity contribution in [3.8, 4) is 16.7 Å². The van der Waals surface area contributed by atoms with E-state index < -0.39 is 0 Å². The number of ether oxygens (including phenoxy) is 1. The van der Waals surface area contributed by atoms with Crippen LogP contribution in [-0.4, -0.2) is 28.6 Å². The van der Waals surface area contributed by atoms with Gasteiger partial charge < -0.3 is 10.1 Å². The molecule has 0 bridgehead atoms. The second-order valence-electron chi connectivity index (χ2n) is 3.05. The molecule has 90 valence electrons. The number of hydrogen-bond acceptors (Lipinski definition) is 6. The molecule has 17 heavy (non-hydrogen) atoms. The summed E-state index contributed by atoms with van der Waals surface area (Å²) < 4.78 is 6.28. The number of rotatable bonds is 4. The van der Waals surface area contributed by atoms with E-state index >= 15 is 0 Å². The van der Waals surface area contributed by atoms with Crippen LogP contribution in [-0.2, 0) is 0 Å². The SMILES string of the molecule is CCOc1nc(NC)nc(-c2sccc2Br)n1. The highest BCUT2D eigenvalue weighted by molar-refractivity contribution is 9.10. The molecular formula is C10H11BrN4OS. The Morgan fingerprint density at radius 3 is 2.82 bits per heavy atom. The van der Waals surface area contributed by atoms with Crippen molar-refractivity contribution in [2.24, 2.45) is 0 Å². The summed E-state index contributed by atoms with van der Waals surface area (Å²) in [5.41, 5.74) is 0. The lowest BCUT2D eigenvalue weighted by Gasteiger charge is -2.05. The molecule has 5 nitrogen and oxygen atoms in total. The van der Waals surface area contributed by atoms with Gasteiger partial charge in [-0.1, -0.05) is 0 Å². The minimum Gasteiger partial charge on any atom is -0.464 e. The molecule has 2 heterocycles. The van der Waals surface area contributed by atoms with Gasteiger partial charge in [0.05, 0.1) is 11.5 Å². The average Bonchev–Trinajstić information content (AvgIpc) is 2.75. The first kappa shape index (κ1) is 12.3. The van der Waals surface area contributed by atoms with Crippen LogP contribution in [0.5, 0.6) is 6.01 Å². The van der Waals surface area contributed by atoms with Crippen molar-refractivity contribution in [2.75, 3.05) is 19.0 Å². The highest BCUT2D eigenvalue weighted by Gasteiger charge is 2.12. The Morgan fingerprint density at radius 1 is 1.41 bits per heavy atom. The zero-order valence-electron chi connectivity index (χ0n) is 9.40. The van der Waals surface area contributed by atoms with Gasteiger partial charge in [-0.25, -0.2) is 0 Å². The number of thiophene rings is 1. The highest BCUT2D eigenvalue weighted by Crippen LogP contribution is 2.32. The van der Waals surface area contributed by atoms with E-state index in [1.807, 2.05) is 18.4 Å². The minimum absolute atomic E-state index is 0.335. The number of aromatic nitrogens is 3. The Labute approximate surface area is 111 Å². The number of nitrogens with one attached hydrogen (secondary N) is 1. The molecular weight excluding hydrogens is 304 g/mol. The van der Waals surface area contributed by atoms with Gasteiger partial charge in [-0.15, -0.1) is 11.3 Å². The van der Waals surface area contributed by atoms with Crippen LogP contribution in [0.4, 0.5) is 5.95 Å². The van der Waals surface area contributed by atoms with Crippen molar-refractivity contribution >= 4 is 33.2 Å². The van der Waals surface area contributed by atoms with Gasteiger partial charge in [0.1, 0.15) is 0 Å². The van der Waals surface area contributed by atoms with Crippen LogP contribution in [0, 0.1) is 0 Å². The Bertz CT molecular complexity index is 517. The third kappa shape index (κ3) is 2.73. The first-order chi connectivity index (χ1) is 8.24. The van der Waals surface area contributed by atoms with Crippen LogP contribution in [0.1, 0.15) is 6.92 Å². The molecule has 2 rings (SSSR count). The second-order valence-corrected chi connectivity index (χ2v) is 4.82. The second kappa shape index (κ2) is 5.42. The lowest BCUT2D eigenvalue weighted by molar-refractivity contribution is 0.312. The van der Waals surface area contributed by atoms with Crippen LogP contribution >= 0.6 is 27.3 Å². The Kier molecular flexibility index (Phi) is 3.90. The molecule has 0 radical (unpaired) electrons. The smallest absolute Gasteiger partial charge is 0.321 e. The summed E-state index contributed by atoms with van der Waals surface area (Å²) in [7, 11) is 1.76. The zero-order valence-corrected chi connectivity index (χ0v) is 11.8. The maximum atomic E-state index is 5.31. The van der Waals surface area contributed by atoms with Crippen LogP contribution in [0.3, 0.4) is 0 Å². The first-order valence-electron chi connectivity index (χ1n) is 5.04. The monoisotopic (exact) mass is 314 g/mol. The number of hydrogen-bond donors (Lipinski definition) is 1. The van der Waals surface area contributed by atoms with Gasteiger partial charge in [0.15, 0.2) is 5.82 Å². The summed E-state index contributed by atoms with van der Waals surface area (Å²) in [5, 5.41) is 4.87. The minimum atomic E-state index is 0.335. The number of anilines is 1. The molecule has 0 aliphatic rings. The lowest BCUT2D eigenvalue weighted by atomic mass is 10.4. The lowest BCUT2D eigenvalue weighted by Crippen LogP contribution is -2.04. The summed E-state index contributed by atoms with van der Waals surface area (Å²) in [6, 6.07) is 2.30. The molecule has 0 spiro atoms. The predicted octanol–water partition coefficient (Wildman–Crippen LogP) is 2.80. The third-order valence-corrected chi connectivity index (χ3v) is 3.77. The quantitative estimate of drug-likeness (QED) is 0.940. The summed E-state index contributed by atoms with van der Waals surface area (Å²) in [5.74, 6) is 1.11. The van der Waals surface area contributed by atoms with Crippen molar-refractivity contribution in [3.63, 3.8) is 0 Å². The van der Waals surface area contributed by atoms with E-state index in [0.29, 0.717) is 24.4 Å². The summed E-state index contributed by atoms with van der Waals surface area (Å²) in [4.78, 5) is 13.7. The molecule has 0 aromatic carbocycles. The molecule has 0 aliphatic heterocycles. The van der Waals surface area contributed by atoms with Gasteiger partial charge in [-0.05, 0) is 34.3 Å². The Hall–Kier alpha value is -1.21. The first-order valence-corrected chi connectivity index (χ1v) is 6.72. The van der Waals surface area contributed by atoms with Crippen molar-refractivity contribution in [1.82, 2.24) is 15.0 Å². The molecule has 0 unspecified atom stereocenters. The van der Waals surface area contributed by atoms with E-state index in [2.05, 4.69) is 36.2 Å². The predicted molar refractivity (Wildman–Crippen MR) is 71.6 cm³/mol. The molecule has 2 aromatic heterocycles. The summed E-state index contributed by atoms with van der Waals surface area (Å²) >= 11 is 5.03. The van der Waals surface area contributed by atoms with E-state index in [4.69, 9.17) is 4.74 Å². The maximum absolute atomic E-state index is 5.31. The van der Waals surface area contributed by atoms with E-state index in [9.17, 15) is 0 Å². The molecule has 0 fully saturated rings. The fourth-order valence-corrected chi connectivity index (χ4v) is 2.70. The highest BCUT2D eigenvalue weighted by atomic mass is 79.9. The van der Waals surface area contributed by atoms with Crippen molar-refractivity contribution in [1.29, 1.82) is 0 Å². The van der Waals surface area contributed by atoms with E-state index in [1.165, 1.54) is 0 Å². The van der Waals surface area contributed by atoms with E-state index in [1.54, 1.807) is 18.4 Å². The van der Waals surface area contributed by atoms with Crippen LogP contribution in [0.2, 0.25) is 0 Å². The van der Waals surface area contributed by atoms with Gasteiger partial charge in [0, 0.05) is 11.5 Å². The zero-order chi connectivity index (χ0) is 12.3.